The standard InChI is InChI=1S/C23H28N2O2.C4H4O4/c1-18-7-8-22-21(17-18)23(24-27-22)26-16-12-20-10-14-25(15-11-20)13-9-19-5-3-2-4-6-19;5-3(6)1-2-4(7)8/h2-8,17,20H,9-16H2,1H3;1-2H,(H,5,6)(H,7,8)/b;2-1+. The predicted molar refractivity (Wildman–Crippen MR) is 133 cm³/mol. The minimum atomic E-state index is -1.26. The molecule has 0 atom stereocenters. The van der Waals surface area contributed by atoms with Gasteiger partial charge in [0, 0.05) is 18.7 Å². The normalized spacial score (nSPS) is 14.5. The zero-order chi connectivity index (χ0) is 25.0. The zero-order valence-electron chi connectivity index (χ0n) is 19.9. The van der Waals surface area contributed by atoms with Crippen LogP contribution in [0.5, 0.6) is 5.88 Å². The van der Waals surface area contributed by atoms with Crippen LogP contribution in [0.1, 0.15) is 30.4 Å². The van der Waals surface area contributed by atoms with Gasteiger partial charge in [0.2, 0.25) is 0 Å². The molecule has 0 radical (unpaired) electrons. The van der Waals surface area contributed by atoms with Crippen molar-refractivity contribution in [3.05, 3.63) is 71.8 Å². The first-order valence-electron chi connectivity index (χ1n) is 11.8. The molecule has 35 heavy (non-hydrogen) atoms. The Hall–Kier alpha value is -3.65. The summed E-state index contributed by atoms with van der Waals surface area (Å²) in [5, 5.41) is 20.7. The van der Waals surface area contributed by atoms with E-state index in [4.69, 9.17) is 19.5 Å². The van der Waals surface area contributed by atoms with Crippen molar-refractivity contribution in [1.82, 2.24) is 10.1 Å². The Balaban J connectivity index is 0.000000371. The number of benzene rings is 2. The second kappa shape index (κ2) is 13.3. The van der Waals surface area contributed by atoms with E-state index >= 15 is 0 Å². The van der Waals surface area contributed by atoms with Gasteiger partial charge in [0.15, 0.2) is 5.58 Å². The van der Waals surface area contributed by atoms with E-state index in [9.17, 15) is 9.59 Å². The van der Waals surface area contributed by atoms with Crippen LogP contribution in [0.2, 0.25) is 0 Å². The quantitative estimate of drug-likeness (QED) is 0.428. The molecule has 0 unspecified atom stereocenters. The van der Waals surface area contributed by atoms with Gasteiger partial charge < -0.3 is 24.4 Å². The Morgan fingerprint density at radius 2 is 1.77 bits per heavy atom. The van der Waals surface area contributed by atoms with Crippen molar-refractivity contribution >= 4 is 22.9 Å². The highest BCUT2D eigenvalue weighted by molar-refractivity contribution is 5.89. The number of hydrogen-bond donors (Lipinski definition) is 2. The van der Waals surface area contributed by atoms with Crippen LogP contribution in [-0.4, -0.2) is 58.4 Å². The molecule has 1 aliphatic rings. The van der Waals surface area contributed by atoms with E-state index in [2.05, 4.69) is 53.4 Å². The second-order valence-electron chi connectivity index (χ2n) is 8.65. The molecule has 0 bridgehead atoms. The van der Waals surface area contributed by atoms with Gasteiger partial charge in [0.25, 0.3) is 5.88 Å². The molecule has 1 saturated heterocycles. The first-order chi connectivity index (χ1) is 16.9. The third-order valence-corrected chi connectivity index (χ3v) is 5.99. The second-order valence-corrected chi connectivity index (χ2v) is 8.65. The number of rotatable bonds is 9. The summed E-state index contributed by atoms with van der Waals surface area (Å²) in [7, 11) is 0. The number of carboxylic acid groups (broad SMARTS) is 2. The Morgan fingerprint density at radius 3 is 2.43 bits per heavy atom. The fourth-order valence-electron chi connectivity index (χ4n) is 4.03. The van der Waals surface area contributed by atoms with Gasteiger partial charge in [0.1, 0.15) is 0 Å². The topological polar surface area (TPSA) is 113 Å². The summed E-state index contributed by atoms with van der Waals surface area (Å²) in [6.45, 7) is 6.34. The first kappa shape index (κ1) is 26.0. The van der Waals surface area contributed by atoms with E-state index < -0.39 is 11.9 Å². The molecule has 3 aromatic rings. The smallest absolute Gasteiger partial charge is 0.328 e. The van der Waals surface area contributed by atoms with E-state index in [1.165, 1.54) is 37.1 Å². The molecule has 1 aliphatic heterocycles. The van der Waals surface area contributed by atoms with Crippen molar-refractivity contribution in [3.63, 3.8) is 0 Å². The number of aryl methyl sites for hydroxylation is 1. The number of carboxylic acids is 2. The maximum absolute atomic E-state index is 9.55. The van der Waals surface area contributed by atoms with E-state index in [-0.39, 0.29) is 0 Å². The van der Waals surface area contributed by atoms with Crippen LogP contribution in [0.15, 0.2) is 65.2 Å². The maximum atomic E-state index is 9.55. The van der Waals surface area contributed by atoms with Gasteiger partial charge in [-0.2, -0.15) is 0 Å². The lowest BCUT2D eigenvalue weighted by Crippen LogP contribution is -2.35. The molecule has 0 aliphatic carbocycles. The molecule has 4 rings (SSSR count). The van der Waals surface area contributed by atoms with Gasteiger partial charge in [-0.25, -0.2) is 9.59 Å². The first-order valence-corrected chi connectivity index (χ1v) is 11.8. The summed E-state index contributed by atoms with van der Waals surface area (Å²) in [5.74, 6) is -1.13. The number of aromatic nitrogens is 1. The molecule has 0 spiro atoms. The number of nitrogens with zero attached hydrogens (tertiary/aromatic N) is 2. The molecule has 8 heteroatoms. The third kappa shape index (κ3) is 8.90. The van der Waals surface area contributed by atoms with Crippen molar-refractivity contribution in [2.75, 3.05) is 26.2 Å². The van der Waals surface area contributed by atoms with Crippen molar-refractivity contribution in [2.24, 2.45) is 5.92 Å². The molecular weight excluding hydrogens is 448 g/mol. The van der Waals surface area contributed by atoms with Crippen LogP contribution in [-0.2, 0) is 16.0 Å². The van der Waals surface area contributed by atoms with Crippen molar-refractivity contribution in [1.29, 1.82) is 0 Å². The lowest BCUT2D eigenvalue weighted by molar-refractivity contribution is -0.134. The SMILES string of the molecule is Cc1ccc2onc(OCCC3CCN(CCc4ccccc4)CC3)c2c1.O=C(O)/C=C/C(=O)O. The molecule has 2 aromatic carbocycles. The average Bonchev–Trinajstić information content (AvgIpc) is 3.25. The minimum Gasteiger partial charge on any atom is -0.478 e. The van der Waals surface area contributed by atoms with E-state index in [1.54, 1.807) is 0 Å². The summed E-state index contributed by atoms with van der Waals surface area (Å²) in [6.07, 6.45) is 5.87. The highest BCUT2D eigenvalue weighted by Gasteiger charge is 2.19. The van der Waals surface area contributed by atoms with Crippen LogP contribution >= 0.6 is 0 Å². The zero-order valence-corrected chi connectivity index (χ0v) is 19.9. The number of ether oxygens (including phenoxy) is 1. The molecule has 2 N–H and O–H groups in total. The van der Waals surface area contributed by atoms with Crippen LogP contribution in [0.3, 0.4) is 0 Å². The highest BCUT2D eigenvalue weighted by atomic mass is 16.5. The van der Waals surface area contributed by atoms with Gasteiger partial charge in [-0.15, -0.1) is 0 Å². The van der Waals surface area contributed by atoms with Gasteiger partial charge in [-0.3, -0.25) is 0 Å². The lowest BCUT2D eigenvalue weighted by atomic mass is 9.93. The van der Waals surface area contributed by atoms with E-state index in [1.807, 2.05) is 12.1 Å². The van der Waals surface area contributed by atoms with Gasteiger partial charge in [-0.1, -0.05) is 42.0 Å². The highest BCUT2D eigenvalue weighted by Crippen LogP contribution is 2.27. The summed E-state index contributed by atoms with van der Waals surface area (Å²) in [5.41, 5.74) is 3.42. The summed E-state index contributed by atoms with van der Waals surface area (Å²) in [6, 6.07) is 16.8. The van der Waals surface area contributed by atoms with Gasteiger partial charge in [0.05, 0.1) is 12.0 Å². The van der Waals surface area contributed by atoms with Gasteiger partial charge in [-0.05, 0) is 74.5 Å². The fraction of sp³-hybridized carbons (Fsp3) is 0.370. The number of piperidine rings is 1. The fourth-order valence-corrected chi connectivity index (χ4v) is 4.03. The third-order valence-electron chi connectivity index (χ3n) is 5.99. The molecule has 0 amide bonds. The summed E-state index contributed by atoms with van der Waals surface area (Å²) >= 11 is 0. The average molecular weight is 481 g/mol. The Bertz CT molecular complexity index is 1100. The predicted octanol–water partition coefficient (Wildman–Crippen LogP) is 4.57. The van der Waals surface area contributed by atoms with E-state index in [0.717, 1.165) is 36.3 Å². The Kier molecular flexibility index (Phi) is 9.86. The molecule has 1 aromatic heterocycles. The molecular formula is C27H32N2O6. The van der Waals surface area contributed by atoms with Crippen LogP contribution in [0, 0.1) is 12.8 Å². The molecule has 1 fully saturated rings. The summed E-state index contributed by atoms with van der Waals surface area (Å²) < 4.78 is 11.3. The Morgan fingerprint density at radius 1 is 1.09 bits per heavy atom. The van der Waals surface area contributed by atoms with Crippen molar-refractivity contribution in [3.8, 4) is 5.88 Å². The molecule has 2 heterocycles. The van der Waals surface area contributed by atoms with Crippen molar-refractivity contribution in [2.45, 2.75) is 32.6 Å². The summed E-state index contributed by atoms with van der Waals surface area (Å²) in [4.78, 5) is 21.7. The molecule has 0 saturated carbocycles. The maximum Gasteiger partial charge on any atom is 0.328 e. The number of likely N-dealkylation sites (tertiary alicyclic amines) is 1. The number of hydrogen-bond acceptors (Lipinski definition) is 6. The molecule has 8 nitrogen and oxygen atoms in total. The Labute approximate surface area is 204 Å². The van der Waals surface area contributed by atoms with E-state index in [0.29, 0.717) is 24.6 Å². The number of carbonyl (C=O) groups is 2. The van der Waals surface area contributed by atoms with Crippen LogP contribution in [0.4, 0.5) is 0 Å². The van der Waals surface area contributed by atoms with Crippen LogP contribution < -0.4 is 4.74 Å². The largest absolute Gasteiger partial charge is 0.478 e. The lowest BCUT2D eigenvalue weighted by Gasteiger charge is -2.31. The number of fused-ring (bicyclic) bond motifs is 1. The monoisotopic (exact) mass is 480 g/mol. The number of aliphatic carboxylic acids is 2. The van der Waals surface area contributed by atoms with Crippen LogP contribution in [0.25, 0.3) is 11.0 Å². The van der Waals surface area contributed by atoms with Gasteiger partial charge >= 0.3 is 11.9 Å². The van der Waals surface area contributed by atoms with Crippen molar-refractivity contribution < 1.29 is 29.1 Å². The molecule has 186 valence electrons. The minimum absolute atomic E-state index is 0.558.